The molecule has 2 aliphatic rings. The van der Waals surface area contributed by atoms with Crippen molar-refractivity contribution in [1.82, 2.24) is 5.32 Å². The Morgan fingerprint density at radius 1 is 1.29 bits per heavy atom. The molecule has 2 heterocycles. The molecule has 24 heavy (non-hydrogen) atoms. The summed E-state index contributed by atoms with van der Waals surface area (Å²) >= 11 is 0. The van der Waals surface area contributed by atoms with Gasteiger partial charge in [0.15, 0.2) is 11.5 Å². The Balaban J connectivity index is 1.52. The minimum absolute atomic E-state index is 0.208. The van der Waals surface area contributed by atoms with E-state index in [0.29, 0.717) is 25.3 Å². The zero-order valence-electron chi connectivity index (χ0n) is 13.3. The third-order valence-electron chi connectivity index (χ3n) is 4.29. The second-order valence-corrected chi connectivity index (χ2v) is 5.98. The normalized spacial score (nSPS) is 19.9. The lowest BCUT2D eigenvalue weighted by atomic mass is 9.95. The van der Waals surface area contributed by atoms with E-state index in [4.69, 9.17) is 19.3 Å². The van der Waals surface area contributed by atoms with Gasteiger partial charge in [0.05, 0.1) is 18.4 Å². The van der Waals surface area contributed by atoms with E-state index in [0.717, 1.165) is 24.2 Å². The number of aliphatic carboxylic acids is 1. The molecule has 2 atom stereocenters. The molecule has 1 saturated heterocycles. The number of ether oxygens (including phenoxy) is 3. The Labute approximate surface area is 139 Å². The van der Waals surface area contributed by atoms with Crippen molar-refractivity contribution in [1.29, 1.82) is 0 Å². The molecule has 2 N–H and O–H groups in total. The molecule has 0 aliphatic carbocycles. The zero-order chi connectivity index (χ0) is 16.9. The van der Waals surface area contributed by atoms with Crippen molar-refractivity contribution in [2.24, 2.45) is 5.92 Å². The molecule has 7 heteroatoms. The van der Waals surface area contributed by atoms with Crippen LogP contribution in [-0.4, -0.2) is 43.0 Å². The number of carboxylic acid groups (broad SMARTS) is 1. The van der Waals surface area contributed by atoms with Gasteiger partial charge in [-0.05, 0) is 37.0 Å². The van der Waals surface area contributed by atoms with Gasteiger partial charge in [0.1, 0.15) is 0 Å². The monoisotopic (exact) mass is 335 g/mol. The Morgan fingerprint density at radius 3 is 2.88 bits per heavy atom. The molecule has 2 aliphatic heterocycles. The average molecular weight is 335 g/mol. The predicted octanol–water partition coefficient (Wildman–Crippen LogP) is 1.34. The first-order chi connectivity index (χ1) is 11.6. The smallest absolute Gasteiger partial charge is 0.304 e. The summed E-state index contributed by atoms with van der Waals surface area (Å²) in [6, 6.07) is 5.66. The number of benzene rings is 1. The molecule has 0 spiro atoms. The second-order valence-electron chi connectivity index (χ2n) is 5.98. The molecule has 3 rings (SSSR count). The number of hydrogen-bond donors (Lipinski definition) is 2. The largest absolute Gasteiger partial charge is 0.481 e. The summed E-state index contributed by atoms with van der Waals surface area (Å²) in [6.45, 7) is 1.25. The van der Waals surface area contributed by atoms with Gasteiger partial charge in [-0.1, -0.05) is 6.07 Å². The van der Waals surface area contributed by atoms with Gasteiger partial charge in [-0.15, -0.1) is 0 Å². The van der Waals surface area contributed by atoms with Crippen LogP contribution in [-0.2, 0) is 20.7 Å². The third kappa shape index (κ3) is 3.97. The van der Waals surface area contributed by atoms with Crippen molar-refractivity contribution in [2.75, 3.05) is 19.9 Å². The molecule has 1 aromatic rings. The van der Waals surface area contributed by atoms with Crippen molar-refractivity contribution in [3.8, 4) is 11.5 Å². The molecule has 0 bridgehead atoms. The summed E-state index contributed by atoms with van der Waals surface area (Å²) in [4.78, 5) is 23.4. The van der Waals surface area contributed by atoms with E-state index in [2.05, 4.69) is 5.32 Å². The lowest BCUT2D eigenvalue weighted by Gasteiger charge is -2.20. The summed E-state index contributed by atoms with van der Waals surface area (Å²) in [6.07, 6.45) is 1.72. The maximum atomic E-state index is 12.3. The Hall–Kier alpha value is -2.28. The number of carbonyl (C=O) groups is 2. The quantitative estimate of drug-likeness (QED) is 0.781. The topological polar surface area (TPSA) is 94.1 Å². The van der Waals surface area contributed by atoms with E-state index < -0.39 is 11.9 Å². The van der Waals surface area contributed by atoms with Crippen LogP contribution in [0.3, 0.4) is 0 Å². The summed E-state index contributed by atoms with van der Waals surface area (Å²) in [5.74, 6) is -0.446. The fourth-order valence-electron chi connectivity index (χ4n) is 3.06. The number of carbonyl (C=O) groups excluding carboxylic acids is 1. The van der Waals surface area contributed by atoms with E-state index >= 15 is 0 Å². The average Bonchev–Trinajstić information content (AvgIpc) is 3.23. The van der Waals surface area contributed by atoms with E-state index in [-0.39, 0.29) is 25.2 Å². The van der Waals surface area contributed by atoms with Gasteiger partial charge in [-0.25, -0.2) is 0 Å². The highest BCUT2D eigenvalue weighted by molar-refractivity contribution is 5.83. The molecule has 1 fully saturated rings. The molecule has 7 nitrogen and oxygen atoms in total. The number of rotatable bonds is 7. The highest BCUT2D eigenvalue weighted by Gasteiger charge is 2.33. The number of carboxylic acids is 1. The fraction of sp³-hybridized carbons (Fsp3) is 0.529. The Morgan fingerprint density at radius 2 is 2.12 bits per heavy atom. The van der Waals surface area contributed by atoms with Crippen molar-refractivity contribution in [2.45, 2.75) is 31.8 Å². The lowest BCUT2D eigenvalue weighted by Crippen LogP contribution is -2.39. The van der Waals surface area contributed by atoms with Gasteiger partial charge in [-0.3, -0.25) is 9.59 Å². The third-order valence-corrected chi connectivity index (χ3v) is 4.29. The van der Waals surface area contributed by atoms with Gasteiger partial charge in [0.25, 0.3) is 0 Å². The summed E-state index contributed by atoms with van der Waals surface area (Å²) < 4.78 is 16.1. The molecule has 130 valence electrons. The van der Waals surface area contributed by atoms with Crippen LogP contribution >= 0.6 is 0 Å². The number of amides is 1. The second kappa shape index (κ2) is 7.53. The van der Waals surface area contributed by atoms with Crippen molar-refractivity contribution in [3.05, 3.63) is 23.8 Å². The standard InChI is InChI=1S/C17H21NO6/c19-16(20)9-12(13-2-1-7-22-13)17(21)18-6-5-11-3-4-14-15(8-11)24-10-23-14/h3-4,8,12-13H,1-2,5-7,9-10H2,(H,18,21)(H,19,20)/t12-,13+/m0/s1. The van der Waals surface area contributed by atoms with Crippen molar-refractivity contribution >= 4 is 11.9 Å². The number of fused-ring (bicyclic) bond motifs is 1. The molecule has 1 aromatic carbocycles. The Kier molecular flexibility index (Phi) is 5.20. The lowest BCUT2D eigenvalue weighted by molar-refractivity contribution is -0.143. The van der Waals surface area contributed by atoms with Gasteiger partial charge >= 0.3 is 5.97 Å². The van der Waals surface area contributed by atoms with Crippen LogP contribution in [0.25, 0.3) is 0 Å². The van der Waals surface area contributed by atoms with E-state index in [1.807, 2.05) is 18.2 Å². The maximum Gasteiger partial charge on any atom is 0.304 e. The van der Waals surface area contributed by atoms with Crippen LogP contribution in [0.2, 0.25) is 0 Å². The van der Waals surface area contributed by atoms with E-state index in [1.165, 1.54) is 0 Å². The molecule has 0 unspecified atom stereocenters. The van der Waals surface area contributed by atoms with Crippen molar-refractivity contribution in [3.63, 3.8) is 0 Å². The fourth-order valence-corrected chi connectivity index (χ4v) is 3.06. The van der Waals surface area contributed by atoms with E-state index in [1.54, 1.807) is 0 Å². The predicted molar refractivity (Wildman–Crippen MR) is 84.0 cm³/mol. The highest BCUT2D eigenvalue weighted by atomic mass is 16.7. The first-order valence-electron chi connectivity index (χ1n) is 8.13. The van der Waals surface area contributed by atoms with Crippen molar-refractivity contribution < 1.29 is 28.9 Å². The maximum absolute atomic E-state index is 12.3. The van der Waals surface area contributed by atoms with Gasteiger partial charge < -0.3 is 24.6 Å². The number of nitrogens with one attached hydrogen (secondary N) is 1. The van der Waals surface area contributed by atoms with Crippen LogP contribution in [0.1, 0.15) is 24.8 Å². The molecule has 0 aromatic heterocycles. The minimum atomic E-state index is -0.985. The molecule has 0 radical (unpaired) electrons. The van der Waals surface area contributed by atoms with E-state index in [9.17, 15) is 9.59 Å². The van der Waals surface area contributed by atoms with Gasteiger partial charge in [0, 0.05) is 13.2 Å². The SMILES string of the molecule is O=C(O)C[C@H](C(=O)NCCc1ccc2c(c1)OCO2)[C@H]1CCCO1. The summed E-state index contributed by atoms with van der Waals surface area (Å²) in [7, 11) is 0. The highest BCUT2D eigenvalue weighted by Crippen LogP contribution is 2.32. The van der Waals surface area contributed by atoms with Crippen LogP contribution < -0.4 is 14.8 Å². The van der Waals surface area contributed by atoms with Crippen LogP contribution in [0.15, 0.2) is 18.2 Å². The van der Waals surface area contributed by atoms with Gasteiger partial charge in [0.2, 0.25) is 12.7 Å². The first-order valence-corrected chi connectivity index (χ1v) is 8.13. The van der Waals surface area contributed by atoms with Crippen LogP contribution in [0.5, 0.6) is 11.5 Å². The molecule has 1 amide bonds. The molecular weight excluding hydrogens is 314 g/mol. The summed E-state index contributed by atoms with van der Waals surface area (Å²) in [5, 5.41) is 11.9. The molecular formula is C17H21NO6. The minimum Gasteiger partial charge on any atom is -0.481 e. The van der Waals surface area contributed by atoms with Crippen LogP contribution in [0, 0.1) is 5.92 Å². The molecule has 0 saturated carbocycles. The van der Waals surface area contributed by atoms with Gasteiger partial charge in [-0.2, -0.15) is 0 Å². The first kappa shape index (κ1) is 16.6. The van der Waals surface area contributed by atoms with Crippen LogP contribution in [0.4, 0.5) is 0 Å². The zero-order valence-corrected chi connectivity index (χ0v) is 13.3. The Bertz CT molecular complexity index is 611. The summed E-state index contributed by atoms with van der Waals surface area (Å²) in [5.41, 5.74) is 1.02. The number of hydrogen-bond acceptors (Lipinski definition) is 5.